The Hall–Kier alpha value is -1.60. The molecule has 0 fully saturated rings. The molecule has 2 aromatic carbocycles. The van der Waals surface area contributed by atoms with Gasteiger partial charge >= 0.3 is 0 Å². The number of aromatic nitrogens is 2. The van der Waals surface area contributed by atoms with Crippen LogP contribution in [0.5, 0.6) is 0 Å². The van der Waals surface area contributed by atoms with E-state index in [0.29, 0.717) is 17.2 Å². The number of aliphatic hydroxyl groups is 1. The van der Waals surface area contributed by atoms with Crippen LogP contribution in [-0.4, -0.2) is 38.8 Å². The summed E-state index contributed by atoms with van der Waals surface area (Å²) in [4.78, 5) is 2.35. The van der Waals surface area contributed by atoms with Crippen molar-refractivity contribution in [2.24, 2.45) is 0 Å². The van der Waals surface area contributed by atoms with Crippen molar-refractivity contribution < 1.29 is 5.11 Å². The first-order valence-corrected chi connectivity index (χ1v) is 9.81. The lowest BCUT2D eigenvalue weighted by atomic mass is 10.1. The van der Waals surface area contributed by atoms with Gasteiger partial charge in [-0.05, 0) is 42.9 Å². The summed E-state index contributed by atoms with van der Waals surface area (Å²) in [5.41, 5.74) is 3.20. The van der Waals surface area contributed by atoms with Crippen LogP contribution in [0.15, 0.2) is 48.5 Å². The zero-order chi connectivity index (χ0) is 19.4. The Morgan fingerprint density at radius 3 is 2.14 bits per heavy atom. The van der Waals surface area contributed by atoms with Crippen molar-refractivity contribution in [2.75, 3.05) is 19.6 Å². The second-order valence-corrected chi connectivity index (χ2v) is 7.11. The van der Waals surface area contributed by atoms with Crippen molar-refractivity contribution >= 4 is 39.6 Å². The van der Waals surface area contributed by atoms with E-state index in [4.69, 9.17) is 17.0 Å². The van der Waals surface area contributed by atoms with E-state index in [1.807, 2.05) is 45.5 Å². The first kappa shape index (κ1) is 22.7. The van der Waals surface area contributed by atoms with E-state index >= 15 is 0 Å². The number of halogens is 2. The standard InChI is InChI=1S/C21H27ClN4O.BrH/c1-3-24(4-2)13-14-25-18-7-5-6-8-19(18)26(21(25)23)15-20(27)16-9-11-17(22)12-10-16;/h5-12,20,23,27H,3-4,13-15H2,1-2H3;1H. The summed E-state index contributed by atoms with van der Waals surface area (Å²) in [5.74, 6) is 0. The first-order valence-electron chi connectivity index (χ1n) is 9.43. The van der Waals surface area contributed by atoms with Gasteiger partial charge in [0.15, 0.2) is 0 Å². The number of hydrogen-bond donors (Lipinski definition) is 2. The van der Waals surface area contributed by atoms with Crippen LogP contribution in [-0.2, 0) is 13.1 Å². The quantitative estimate of drug-likeness (QED) is 0.521. The minimum atomic E-state index is -0.696. The van der Waals surface area contributed by atoms with Gasteiger partial charge in [-0.15, -0.1) is 17.0 Å². The minimum absolute atomic E-state index is 0. The zero-order valence-corrected chi connectivity index (χ0v) is 18.8. The number of para-hydroxylation sites is 2. The number of nitrogens with one attached hydrogen (secondary N) is 1. The van der Waals surface area contributed by atoms with Gasteiger partial charge in [0, 0.05) is 18.1 Å². The Balaban J connectivity index is 0.00000280. The molecule has 3 aromatic rings. The summed E-state index contributed by atoms with van der Waals surface area (Å²) in [5, 5.41) is 20.0. The van der Waals surface area contributed by atoms with E-state index in [9.17, 15) is 5.11 Å². The molecule has 1 atom stereocenters. The molecule has 152 valence electrons. The third-order valence-corrected chi connectivity index (χ3v) is 5.37. The van der Waals surface area contributed by atoms with Gasteiger partial charge in [0.25, 0.3) is 0 Å². The van der Waals surface area contributed by atoms with Crippen LogP contribution in [0, 0.1) is 5.41 Å². The van der Waals surface area contributed by atoms with Crippen molar-refractivity contribution in [2.45, 2.75) is 33.0 Å². The van der Waals surface area contributed by atoms with Gasteiger partial charge in [-0.2, -0.15) is 0 Å². The third-order valence-electron chi connectivity index (χ3n) is 5.12. The third kappa shape index (κ3) is 4.87. The maximum Gasteiger partial charge on any atom is 0.203 e. The number of hydrogen-bond acceptors (Lipinski definition) is 3. The molecule has 28 heavy (non-hydrogen) atoms. The fraction of sp³-hybridized carbons (Fsp3) is 0.381. The van der Waals surface area contributed by atoms with Gasteiger partial charge in [0.05, 0.1) is 23.7 Å². The number of aliphatic hydroxyl groups excluding tert-OH is 1. The number of benzene rings is 2. The maximum atomic E-state index is 10.7. The van der Waals surface area contributed by atoms with Gasteiger partial charge in [0.2, 0.25) is 5.62 Å². The molecule has 0 aliphatic heterocycles. The highest BCUT2D eigenvalue weighted by Gasteiger charge is 2.15. The fourth-order valence-electron chi connectivity index (χ4n) is 3.45. The van der Waals surface area contributed by atoms with E-state index in [2.05, 4.69) is 18.7 Å². The number of rotatable bonds is 8. The molecule has 5 nitrogen and oxygen atoms in total. The van der Waals surface area contributed by atoms with Crippen LogP contribution in [0.3, 0.4) is 0 Å². The summed E-state index contributed by atoms with van der Waals surface area (Å²) >= 11 is 5.94. The molecule has 0 bridgehead atoms. The molecule has 1 heterocycles. The Kier molecular flexibility index (Phi) is 8.31. The highest BCUT2D eigenvalue weighted by Crippen LogP contribution is 2.20. The Morgan fingerprint density at radius 2 is 1.57 bits per heavy atom. The van der Waals surface area contributed by atoms with Crippen molar-refractivity contribution in [3.8, 4) is 0 Å². The van der Waals surface area contributed by atoms with E-state index in [1.54, 1.807) is 12.1 Å². The number of nitrogens with zero attached hydrogens (tertiary/aromatic N) is 3. The van der Waals surface area contributed by atoms with E-state index in [0.717, 1.165) is 42.8 Å². The van der Waals surface area contributed by atoms with Gasteiger partial charge in [-0.25, -0.2) is 0 Å². The van der Waals surface area contributed by atoms with Gasteiger partial charge in [0.1, 0.15) is 0 Å². The second kappa shape index (κ2) is 10.3. The summed E-state index contributed by atoms with van der Waals surface area (Å²) in [7, 11) is 0. The van der Waals surface area contributed by atoms with Crippen LogP contribution < -0.4 is 5.62 Å². The van der Waals surface area contributed by atoms with Crippen LogP contribution in [0.2, 0.25) is 5.02 Å². The molecular formula is C21H28BrClN4O. The highest BCUT2D eigenvalue weighted by atomic mass is 79.9. The van der Waals surface area contributed by atoms with Gasteiger partial charge in [-0.1, -0.05) is 49.7 Å². The molecule has 3 rings (SSSR count). The molecule has 2 N–H and O–H groups in total. The van der Waals surface area contributed by atoms with Gasteiger partial charge < -0.3 is 19.1 Å². The predicted octanol–water partition coefficient (Wildman–Crippen LogP) is 4.23. The topological polar surface area (TPSA) is 57.2 Å². The maximum absolute atomic E-state index is 10.7. The largest absolute Gasteiger partial charge is 0.387 e. The minimum Gasteiger partial charge on any atom is -0.387 e. The van der Waals surface area contributed by atoms with E-state index in [1.165, 1.54) is 0 Å². The number of fused-ring (bicyclic) bond motifs is 1. The molecule has 0 spiro atoms. The molecule has 0 saturated heterocycles. The molecule has 0 aliphatic rings. The SMILES string of the molecule is Br.CCN(CC)CCn1c(=N)n(CC(O)c2ccc(Cl)cc2)c2ccccc21. The molecule has 7 heteroatoms. The molecule has 0 aliphatic carbocycles. The average molecular weight is 468 g/mol. The molecule has 1 unspecified atom stereocenters. The molecule has 1 aromatic heterocycles. The molecule has 0 saturated carbocycles. The van der Waals surface area contributed by atoms with Crippen molar-refractivity contribution in [1.82, 2.24) is 14.0 Å². The average Bonchev–Trinajstić information content (AvgIpc) is 2.95. The van der Waals surface area contributed by atoms with E-state index in [-0.39, 0.29) is 17.0 Å². The monoisotopic (exact) mass is 466 g/mol. The van der Waals surface area contributed by atoms with Crippen LogP contribution >= 0.6 is 28.6 Å². The Bertz CT molecular complexity index is 947. The highest BCUT2D eigenvalue weighted by molar-refractivity contribution is 8.93. The molecule has 0 amide bonds. The Morgan fingerprint density at radius 1 is 1.00 bits per heavy atom. The zero-order valence-electron chi connectivity index (χ0n) is 16.3. The summed E-state index contributed by atoms with van der Waals surface area (Å²) in [6, 6.07) is 15.2. The lowest BCUT2D eigenvalue weighted by Gasteiger charge is -2.18. The van der Waals surface area contributed by atoms with Gasteiger partial charge in [-0.3, -0.25) is 5.41 Å². The van der Waals surface area contributed by atoms with Crippen LogP contribution in [0.4, 0.5) is 0 Å². The summed E-state index contributed by atoms with van der Waals surface area (Å²) in [6.07, 6.45) is -0.696. The van der Waals surface area contributed by atoms with Crippen molar-refractivity contribution in [3.63, 3.8) is 0 Å². The second-order valence-electron chi connectivity index (χ2n) is 6.67. The van der Waals surface area contributed by atoms with Crippen molar-refractivity contribution in [3.05, 3.63) is 64.7 Å². The number of imidazole rings is 1. The van der Waals surface area contributed by atoms with Crippen molar-refractivity contribution in [1.29, 1.82) is 5.41 Å². The van der Waals surface area contributed by atoms with Crippen LogP contribution in [0.25, 0.3) is 11.0 Å². The smallest absolute Gasteiger partial charge is 0.203 e. The predicted molar refractivity (Wildman–Crippen MR) is 120 cm³/mol. The van der Waals surface area contributed by atoms with E-state index < -0.39 is 6.10 Å². The lowest BCUT2D eigenvalue weighted by Crippen LogP contribution is -2.32. The Labute approximate surface area is 181 Å². The number of likely N-dealkylation sites (N-methyl/N-ethyl adjacent to an activating group) is 1. The summed E-state index contributed by atoms with van der Waals surface area (Å²) in [6.45, 7) is 8.29. The normalized spacial score (nSPS) is 12.3. The fourth-order valence-corrected chi connectivity index (χ4v) is 3.58. The molecule has 0 radical (unpaired) electrons. The first-order chi connectivity index (χ1) is 13.0. The lowest BCUT2D eigenvalue weighted by molar-refractivity contribution is 0.155. The van der Waals surface area contributed by atoms with Crippen LogP contribution in [0.1, 0.15) is 25.5 Å². The summed E-state index contributed by atoms with van der Waals surface area (Å²) < 4.78 is 3.92. The molecular weight excluding hydrogens is 440 g/mol.